The number of fused-ring (bicyclic) bond motifs is 1. The third-order valence-corrected chi connectivity index (χ3v) is 5.00. The van der Waals surface area contributed by atoms with E-state index in [9.17, 15) is 4.79 Å². The average Bonchev–Trinajstić information content (AvgIpc) is 2.68. The van der Waals surface area contributed by atoms with Gasteiger partial charge in [0.1, 0.15) is 11.1 Å². The fourth-order valence-electron chi connectivity index (χ4n) is 3.62. The summed E-state index contributed by atoms with van der Waals surface area (Å²) >= 11 is 0. The summed E-state index contributed by atoms with van der Waals surface area (Å²) in [5, 5.41) is 0.589. The summed E-state index contributed by atoms with van der Waals surface area (Å²) in [5.41, 5.74) is 1.90. The Morgan fingerprint density at radius 2 is 1.64 bits per heavy atom. The number of ether oxygens (including phenoxy) is 1. The highest BCUT2D eigenvalue weighted by atomic mass is 16.6. The van der Waals surface area contributed by atoms with Crippen molar-refractivity contribution in [1.82, 2.24) is 0 Å². The highest BCUT2D eigenvalue weighted by molar-refractivity contribution is 5.83. The number of benzene rings is 2. The van der Waals surface area contributed by atoms with Crippen LogP contribution in [0, 0.1) is 5.92 Å². The molecule has 3 heteroatoms. The first-order valence-corrected chi connectivity index (χ1v) is 9.07. The third-order valence-electron chi connectivity index (χ3n) is 5.00. The van der Waals surface area contributed by atoms with Gasteiger partial charge in [-0.3, -0.25) is 4.79 Å². The molecule has 0 amide bonds. The van der Waals surface area contributed by atoms with Crippen molar-refractivity contribution in [3.05, 3.63) is 64.8 Å². The lowest BCUT2D eigenvalue weighted by Crippen LogP contribution is -2.17. The minimum atomic E-state index is -0.0355. The van der Waals surface area contributed by atoms with Crippen LogP contribution in [-0.4, -0.2) is 6.61 Å². The van der Waals surface area contributed by atoms with Gasteiger partial charge in [0.15, 0.2) is 0 Å². The quantitative estimate of drug-likeness (QED) is 0.639. The summed E-state index contributed by atoms with van der Waals surface area (Å²) in [4.78, 5) is 13.1. The topological polar surface area (TPSA) is 39.4 Å². The Balaban J connectivity index is 1.76. The number of rotatable bonds is 4. The highest BCUT2D eigenvalue weighted by Crippen LogP contribution is 2.32. The Labute approximate surface area is 147 Å². The molecule has 0 N–H and O–H groups in total. The second-order valence-corrected chi connectivity index (χ2v) is 6.77. The van der Waals surface area contributed by atoms with Crippen molar-refractivity contribution in [3.8, 4) is 17.1 Å². The summed E-state index contributed by atoms with van der Waals surface area (Å²) in [5.74, 6) is 0.898. The zero-order chi connectivity index (χ0) is 17.1. The van der Waals surface area contributed by atoms with E-state index < -0.39 is 0 Å². The lowest BCUT2D eigenvalue weighted by Gasteiger charge is -2.21. The fourth-order valence-corrected chi connectivity index (χ4v) is 3.62. The molecule has 1 aliphatic rings. The highest BCUT2D eigenvalue weighted by Gasteiger charge is 2.20. The molecule has 0 atom stereocenters. The van der Waals surface area contributed by atoms with Crippen LogP contribution in [0.5, 0.6) is 5.95 Å². The molecule has 0 bridgehead atoms. The first-order valence-electron chi connectivity index (χ1n) is 9.07. The lowest BCUT2D eigenvalue weighted by atomic mass is 9.90. The van der Waals surface area contributed by atoms with E-state index in [2.05, 4.69) is 0 Å². The van der Waals surface area contributed by atoms with Crippen molar-refractivity contribution < 1.29 is 9.15 Å². The standard InChI is InChI=1S/C22H22O3/c23-21-18-13-7-8-14-19(18)25-22(20(21)17-11-5-2-6-12-17)24-15-16-9-3-1-4-10-16/h2,5-8,11-14,16H,1,3-4,9-10,15H2. The molecule has 1 aliphatic carbocycles. The van der Waals surface area contributed by atoms with Gasteiger partial charge in [0.05, 0.1) is 12.0 Å². The number of hydrogen-bond donors (Lipinski definition) is 0. The zero-order valence-corrected chi connectivity index (χ0v) is 14.2. The Hall–Kier alpha value is -2.55. The van der Waals surface area contributed by atoms with Gasteiger partial charge in [-0.1, -0.05) is 61.7 Å². The second kappa shape index (κ2) is 7.14. The van der Waals surface area contributed by atoms with E-state index in [1.807, 2.05) is 48.5 Å². The number of hydrogen-bond acceptors (Lipinski definition) is 3. The zero-order valence-electron chi connectivity index (χ0n) is 14.2. The molecule has 0 unspecified atom stereocenters. The van der Waals surface area contributed by atoms with Crippen molar-refractivity contribution in [3.63, 3.8) is 0 Å². The van der Waals surface area contributed by atoms with Crippen LogP contribution in [0.15, 0.2) is 63.8 Å². The van der Waals surface area contributed by atoms with Crippen LogP contribution >= 0.6 is 0 Å². The van der Waals surface area contributed by atoms with Crippen molar-refractivity contribution in [2.24, 2.45) is 5.92 Å². The Kier molecular flexibility index (Phi) is 4.55. The molecule has 1 heterocycles. The SMILES string of the molecule is O=c1c(-c2ccccc2)c(OCC2CCCCC2)oc2ccccc12. The molecule has 2 aromatic carbocycles. The van der Waals surface area contributed by atoms with Gasteiger partial charge in [-0.2, -0.15) is 0 Å². The first kappa shape index (κ1) is 15.9. The number of para-hydroxylation sites is 1. The molecule has 0 spiro atoms. The Morgan fingerprint density at radius 1 is 0.920 bits per heavy atom. The van der Waals surface area contributed by atoms with E-state index in [1.165, 1.54) is 32.1 Å². The normalized spacial score (nSPS) is 15.4. The van der Waals surface area contributed by atoms with Gasteiger partial charge < -0.3 is 9.15 Å². The molecule has 128 valence electrons. The molecule has 25 heavy (non-hydrogen) atoms. The molecule has 3 aromatic rings. The fraction of sp³-hybridized carbons (Fsp3) is 0.318. The average molecular weight is 334 g/mol. The second-order valence-electron chi connectivity index (χ2n) is 6.77. The van der Waals surface area contributed by atoms with Crippen molar-refractivity contribution in [1.29, 1.82) is 0 Å². The van der Waals surface area contributed by atoms with Crippen molar-refractivity contribution in [2.75, 3.05) is 6.61 Å². The molecule has 0 saturated heterocycles. The van der Waals surface area contributed by atoms with Gasteiger partial charge in [0.2, 0.25) is 5.43 Å². The van der Waals surface area contributed by atoms with Gasteiger partial charge in [-0.05, 0) is 36.5 Å². The van der Waals surface area contributed by atoms with Gasteiger partial charge in [0.25, 0.3) is 5.95 Å². The van der Waals surface area contributed by atoms with Crippen LogP contribution < -0.4 is 10.2 Å². The molecular weight excluding hydrogens is 312 g/mol. The molecule has 0 radical (unpaired) electrons. The largest absolute Gasteiger partial charge is 0.464 e. The van der Waals surface area contributed by atoms with Crippen LogP contribution in [0.25, 0.3) is 22.1 Å². The molecule has 1 aromatic heterocycles. The van der Waals surface area contributed by atoms with Crippen LogP contribution in [0.4, 0.5) is 0 Å². The van der Waals surface area contributed by atoms with E-state index in [-0.39, 0.29) is 5.43 Å². The maximum Gasteiger partial charge on any atom is 0.297 e. The van der Waals surface area contributed by atoms with Gasteiger partial charge in [-0.15, -0.1) is 0 Å². The first-order chi connectivity index (χ1) is 12.3. The van der Waals surface area contributed by atoms with Crippen LogP contribution in [0.3, 0.4) is 0 Å². The molecule has 4 rings (SSSR count). The smallest absolute Gasteiger partial charge is 0.297 e. The van der Waals surface area contributed by atoms with Gasteiger partial charge in [-0.25, -0.2) is 0 Å². The maximum atomic E-state index is 13.1. The molecular formula is C22H22O3. The van der Waals surface area contributed by atoms with Crippen molar-refractivity contribution >= 4 is 11.0 Å². The summed E-state index contributed by atoms with van der Waals surface area (Å²) in [6, 6.07) is 17.0. The summed E-state index contributed by atoms with van der Waals surface area (Å²) in [6.45, 7) is 0.612. The Morgan fingerprint density at radius 3 is 2.44 bits per heavy atom. The monoisotopic (exact) mass is 334 g/mol. The lowest BCUT2D eigenvalue weighted by molar-refractivity contribution is 0.175. The predicted octanol–water partition coefficient (Wildman–Crippen LogP) is 5.42. The molecule has 1 saturated carbocycles. The molecule has 1 fully saturated rings. The van der Waals surface area contributed by atoms with Gasteiger partial charge >= 0.3 is 0 Å². The third kappa shape index (κ3) is 3.32. The Bertz CT molecular complexity index is 905. The van der Waals surface area contributed by atoms with E-state index >= 15 is 0 Å². The summed E-state index contributed by atoms with van der Waals surface area (Å²) in [6.07, 6.45) is 6.23. The van der Waals surface area contributed by atoms with Crippen LogP contribution in [0.2, 0.25) is 0 Å². The van der Waals surface area contributed by atoms with E-state index in [0.29, 0.717) is 35.0 Å². The maximum absolute atomic E-state index is 13.1. The van der Waals surface area contributed by atoms with E-state index in [0.717, 1.165) is 5.56 Å². The molecule has 0 aliphatic heterocycles. The van der Waals surface area contributed by atoms with Crippen LogP contribution in [0.1, 0.15) is 32.1 Å². The summed E-state index contributed by atoms with van der Waals surface area (Å²) in [7, 11) is 0. The minimum Gasteiger partial charge on any atom is -0.464 e. The predicted molar refractivity (Wildman–Crippen MR) is 100.0 cm³/mol. The minimum absolute atomic E-state index is 0.0355. The van der Waals surface area contributed by atoms with E-state index in [4.69, 9.17) is 9.15 Å². The van der Waals surface area contributed by atoms with Gasteiger partial charge in [0, 0.05) is 0 Å². The van der Waals surface area contributed by atoms with Crippen molar-refractivity contribution in [2.45, 2.75) is 32.1 Å². The van der Waals surface area contributed by atoms with Crippen LogP contribution in [-0.2, 0) is 0 Å². The van der Waals surface area contributed by atoms with E-state index in [1.54, 1.807) is 6.07 Å². The summed E-state index contributed by atoms with van der Waals surface area (Å²) < 4.78 is 12.1. The molecule has 3 nitrogen and oxygen atoms in total.